The summed E-state index contributed by atoms with van der Waals surface area (Å²) in [5, 5.41) is 2.44. The van der Waals surface area contributed by atoms with Crippen LogP contribution in [0.15, 0.2) is 42.5 Å². The third kappa shape index (κ3) is 4.00. The zero-order chi connectivity index (χ0) is 18.0. The molecule has 0 saturated heterocycles. The van der Waals surface area contributed by atoms with Crippen LogP contribution in [0.3, 0.4) is 0 Å². The summed E-state index contributed by atoms with van der Waals surface area (Å²) in [5.41, 5.74) is 7.54. The summed E-state index contributed by atoms with van der Waals surface area (Å²) < 4.78 is 26.4. The van der Waals surface area contributed by atoms with E-state index < -0.39 is 29.5 Å². The number of fused-ring (bicyclic) bond motifs is 1. The molecule has 0 spiro atoms. The van der Waals surface area contributed by atoms with E-state index in [0.717, 1.165) is 29.3 Å². The van der Waals surface area contributed by atoms with E-state index in [1.54, 1.807) is 4.90 Å². The SMILES string of the molecule is NC(=O)C1Cc2ccccc2CN1CC(=O)Nc1cc(F)cc(F)c1. The molecule has 130 valence electrons. The number of amides is 2. The van der Waals surface area contributed by atoms with Crippen molar-refractivity contribution in [3.8, 4) is 0 Å². The van der Waals surface area contributed by atoms with Crippen LogP contribution in [0.2, 0.25) is 0 Å². The van der Waals surface area contributed by atoms with Crippen molar-refractivity contribution in [1.82, 2.24) is 4.90 Å². The van der Waals surface area contributed by atoms with Gasteiger partial charge in [-0.2, -0.15) is 0 Å². The van der Waals surface area contributed by atoms with Crippen LogP contribution in [0.5, 0.6) is 0 Å². The van der Waals surface area contributed by atoms with Crippen molar-refractivity contribution in [2.75, 3.05) is 11.9 Å². The number of anilines is 1. The van der Waals surface area contributed by atoms with Crippen molar-refractivity contribution in [1.29, 1.82) is 0 Å². The molecule has 1 heterocycles. The lowest BCUT2D eigenvalue weighted by molar-refractivity contribution is -0.125. The Morgan fingerprint density at radius 2 is 1.76 bits per heavy atom. The van der Waals surface area contributed by atoms with Crippen LogP contribution in [-0.2, 0) is 22.6 Å². The molecule has 1 aliphatic rings. The number of nitrogens with one attached hydrogen (secondary N) is 1. The smallest absolute Gasteiger partial charge is 0.238 e. The lowest BCUT2D eigenvalue weighted by Gasteiger charge is -2.34. The minimum absolute atomic E-state index is 0.0236. The molecule has 0 aliphatic carbocycles. The van der Waals surface area contributed by atoms with Crippen molar-refractivity contribution in [3.05, 3.63) is 65.2 Å². The summed E-state index contributed by atoms with van der Waals surface area (Å²) in [4.78, 5) is 25.6. The molecular formula is C18H17F2N3O2. The molecule has 0 aromatic heterocycles. The number of nitrogens with two attached hydrogens (primary N) is 1. The largest absolute Gasteiger partial charge is 0.368 e. The maximum Gasteiger partial charge on any atom is 0.238 e. The van der Waals surface area contributed by atoms with Gasteiger partial charge in [-0.05, 0) is 29.7 Å². The van der Waals surface area contributed by atoms with Gasteiger partial charge in [0, 0.05) is 18.3 Å². The Bertz CT molecular complexity index is 805. The maximum absolute atomic E-state index is 13.2. The quantitative estimate of drug-likeness (QED) is 0.887. The van der Waals surface area contributed by atoms with Crippen LogP contribution in [0, 0.1) is 11.6 Å². The number of primary amides is 1. The van der Waals surface area contributed by atoms with Crippen molar-refractivity contribution in [3.63, 3.8) is 0 Å². The Kier molecular flexibility index (Phi) is 4.76. The van der Waals surface area contributed by atoms with Crippen molar-refractivity contribution < 1.29 is 18.4 Å². The molecule has 3 N–H and O–H groups in total. The van der Waals surface area contributed by atoms with Gasteiger partial charge in [0.1, 0.15) is 11.6 Å². The third-order valence-corrected chi connectivity index (χ3v) is 4.17. The fourth-order valence-corrected chi connectivity index (χ4v) is 3.03. The van der Waals surface area contributed by atoms with Gasteiger partial charge >= 0.3 is 0 Å². The van der Waals surface area contributed by atoms with E-state index in [1.165, 1.54) is 0 Å². The fraction of sp³-hybridized carbons (Fsp3) is 0.222. The Hall–Kier alpha value is -2.80. The highest BCUT2D eigenvalue weighted by molar-refractivity contribution is 5.93. The van der Waals surface area contributed by atoms with Gasteiger partial charge in [0.25, 0.3) is 0 Å². The van der Waals surface area contributed by atoms with Gasteiger partial charge < -0.3 is 11.1 Å². The summed E-state index contributed by atoms with van der Waals surface area (Å²) in [5.74, 6) is -2.55. The van der Waals surface area contributed by atoms with Crippen LogP contribution < -0.4 is 11.1 Å². The van der Waals surface area contributed by atoms with Gasteiger partial charge in [-0.25, -0.2) is 8.78 Å². The summed E-state index contributed by atoms with van der Waals surface area (Å²) in [6, 6.07) is 9.80. The topological polar surface area (TPSA) is 75.4 Å². The van der Waals surface area contributed by atoms with E-state index in [9.17, 15) is 18.4 Å². The molecule has 2 amide bonds. The first kappa shape index (κ1) is 17.0. The average molecular weight is 345 g/mol. The fourth-order valence-electron chi connectivity index (χ4n) is 3.03. The van der Waals surface area contributed by atoms with Gasteiger partial charge in [-0.1, -0.05) is 24.3 Å². The number of halogens is 2. The molecular weight excluding hydrogens is 328 g/mol. The van der Waals surface area contributed by atoms with Crippen molar-refractivity contribution >= 4 is 17.5 Å². The minimum Gasteiger partial charge on any atom is -0.368 e. The predicted molar refractivity (Wildman–Crippen MR) is 88.5 cm³/mol. The normalized spacial score (nSPS) is 17.0. The van der Waals surface area contributed by atoms with Gasteiger partial charge in [-0.3, -0.25) is 14.5 Å². The van der Waals surface area contributed by atoms with Crippen LogP contribution >= 0.6 is 0 Å². The zero-order valence-electron chi connectivity index (χ0n) is 13.3. The van der Waals surface area contributed by atoms with Gasteiger partial charge in [-0.15, -0.1) is 0 Å². The summed E-state index contributed by atoms with van der Waals surface area (Å²) in [6.45, 7) is 0.286. The number of hydrogen-bond donors (Lipinski definition) is 2. The Labute approximate surface area is 143 Å². The zero-order valence-corrected chi connectivity index (χ0v) is 13.3. The lowest BCUT2D eigenvalue weighted by Crippen LogP contribution is -2.50. The monoisotopic (exact) mass is 345 g/mol. The first-order valence-corrected chi connectivity index (χ1v) is 7.78. The Morgan fingerprint density at radius 1 is 1.12 bits per heavy atom. The number of hydrogen-bond acceptors (Lipinski definition) is 3. The summed E-state index contributed by atoms with van der Waals surface area (Å²) in [6.07, 6.45) is 0.424. The van der Waals surface area contributed by atoms with Crippen molar-refractivity contribution in [2.24, 2.45) is 5.73 Å². The second-order valence-electron chi connectivity index (χ2n) is 6.00. The van der Waals surface area contributed by atoms with E-state index >= 15 is 0 Å². The molecule has 2 aromatic carbocycles. The molecule has 0 saturated carbocycles. The number of carbonyl (C=O) groups is 2. The van der Waals surface area contributed by atoms with E-state index in [-0.39, 0.29) is 12.2 Å². The highest BCUT2D eigenvalue weighted by Gasteiger charge is 2.31. The second-order valence-corrected chi connectivity index (χ2v) is 6.00. The molecule has 7 heteroatoms. The van der Waals surface area contributed by atoms with Crippen LogP contribution in [0.4, 0.5) is 14.5 Å². The second kappa shape index (κ2) is 6.98. The number of carbonyl (C=O) groups excluding carboxylic acids is 2. The average Bonchev–Trinajstić information content (AvgIpc) is 2.52. The molecule has 1 atom stereocenters. The Balaban J connectivity index is 1.73. The van der Waals surface area contributed by atoms with E-state index in [0.29, 0.717) is 13.0 Å². The van der Waals surface area contributed by atoms with Gasteiger partial charge in [0.05, 0.1) is 12.6 Å². The van der Waals surface area contributed by atoms with Crippen LogP contribution in [0.25, 0.3) is 0 Å². The van der Waals surface area contributed by atoms with E-state index in [4.69, 9.17) is 5.73 Å². The van der Waals surface area contributed by atoms with Crippen molar-refractivity contribution in [2.45, 2.75) is 19.0 Å². The summed E-state index contributed by atoms with van der Waals surface area (Å²) >= 11 is 0. The molecule has 0 fully saturated rings. The first-order chi connectivity index (χ1) is 11.9. The molecule has 0 bridgehead atoms. The van der Waals surface area contributed by atoms with Gasteiger partial charge in [0.2, 0.25) is 11.8 Å². The number of rotatable bonds is 4. The molecule has 3 rings (SSSR count). The number of benzene rings is 2. The standard InChI is InChI=1S/C18H17F2N3O2/c19-13-6-14(20)8-15(7-13)22-17(24)10-23-9-12-4-2-1-3-11(12)5-16(23)18(21)25/h1-4,6-8,16H,5,9-10H2,(H2,21,25)(H,22,24). The van der Waals surface area contributed by atoms with E-state index in [2.05, 4.69) is 5.32 Å². The minimum atomic E-state index is -0.780. The highest BCUT2D eigenvalue weighted by Crippen LogP contribution is 2.23. The first-order valence-electron chi connectivity index (χ1n) is 7.78. The molecule has 5 nitrogen and oxygen atoms in total. The highest BCUT2D eigenvalue weighted by atomic mass is 19.1. The Morgan fingerprint density at radius 3 is 2.40 bits per heavy atom. The molecule has 25 heavy (non-hydrogen) atoms. The lowest BCUT2D eigenvalue weighted by atomic mass is 9.93. The molecule has 1 aliphatic heterocycles. The van der Waals surface area contributed by atoms with Crippen LogP contribution in [0.1, 0.15) is 11.1 Å². The molecule has 1 unspecified atom stereocenters. The summed E-state index contributed by atoms with van der Waals surface area (Å²) in [7, 11) is 0. The van der Waals surface area contributed by atoms with Gasteiger partial charge in [0.15, 0.2) is 0 Å². The number of nitrogens with zero attached hydrogens (tertiary/aromatic N) is 1. The molecule has 0 radical (unpaired) electrons. The third-order valence-electron chi connectivity index (χ3n) is 4.17. The maximum atomic E-state index is 13.2. The van der Waals surface area contributed by atoms with E-state index in [1.807, 2.05) is 24.3 Å². The predicted octanol–water partition coefficient (Wildman–Crippen LogP) is 1.82. The molecule has 2 aromatic rings. The van der Waals surface area contributed by atoms with Crippen LogP contribution in [-0.4, -0.2) is 29.3 Å².